The van der Waals surface area contributed by atoms with Gasteiger partial charge in [0.15, 0.2) is 5.82 Å². The quantitative estimate of drug-likeness (QED) is 0.565. The minimum atomic E-state index is -0.365. The van der Waals surface area contributed by atoms with E-state index in [2.05, 4.69) is 20.6 Å². The summed E-state index contributed by atoms with van der Waals surface area (Å²) in [7, 11) is 0. The number of H-pyrrole nitrogens is 1. The van der Waals surface area contributed by atoms with E-state index in [-0.39, 0.29) is 17.9 Å². The lowest BCUT2D eigenvalue weighted by molar-refractivity contribution is -0.115. The van der Waals surface area contributed by atoms with Crippen molar-refractivity contribution in [3.63, 3.8) is 0 Å². The number of halogens is 1. The standard InChI is InChI=1S/C17H12ClN5O2S/c18-10-4-1-2-5-11(10)19-16(24)9-15-20-21-17(25)13-8-12(22-23(13)15)14-6-3-7-26-14/h1-8H,9H2,(H,19,24)(H,21,25). The number of hydrogen-bond acceptors (Lipinski definition) is 5. The first-order valence-electron chi connectivity index (χ1n) is 7.67. The number of benzene rings is 1. The van der Waals surface area contributed by atoms with Crippen LogP contribution in [-0.2, 0) is 11.2 Å². The van der Waals surface area contributed by atoms with Gasteiger partial charge in [0, 0.05) is 0 Å². The minimum absolute atomic E-state index is 0.0654. The molecule has 0 atom stereocenters. The van der Waals surface area contributed by atoms with Crippen LogP contribution in [0.1, 0.15) is 5.82 Å². The first kappa shape index (κ1) is 16.5. The molecular weight excluding hydrogens is 374 g/mol. The Hall–Kier alpha value is -2.97. The number of nitrogens with zero attached hydrogens (tertiary/aromatic N) is 3. The Morgan fingerprint density at radius 1 is 1.27 bits per heavy atom. The van der Waals surface area contributed by atoms with Crippen LogP contribution < -0.4 is 10.9 Å². The van der Waals surface area contributed by atoms with E-state index in [1.165, 1.54) is 15.9 Å². The van der Waals surface area contributed by atoms with E-state index >= 15 is 0 Å². The van der Waals surface area contributed by atoms with Crippen LogP contribution in [0.3, 0.4) is 0 Å². The van der Waals surface area contributed by atoms with Crippen LogP contribution in [0.25, 0.3) is 16.1 Å². The highest BCUT2D eigenvalue weighted by molar-refractivity contribution is 7.13. The summed E-state index contributed by atoms with van der Waals surface area (Å²) in [6, 6.07) is 12.5. The molecule has 0 saturated heterocycles. The molecule has 4 aromatic rings. The fraction of sp³-hybridized carbons (Fsp3) is 0.0588. The molecule has 130 valence electrons. The van der Waals surface area contributed by atoms with Gasteiger partial charge in [-0.3, -0.25) is 9.59 Å². The Labute approximate surface area is 156 Å². The van der Waals surface area contributed by atoms with Gasteiger partial charge in [0.2, 0.25) is 5.91 Å². The lowest BCUT2D eigenvalue weighted by atomic mass is 10.3. The van der Waals surface area contributed by atoms with Crippen molar-refractivity contribution in [2.45, 2.75) is 6.42 Å². The zero-order chi connectivity index (χ0) is 18.1. The summed E-state index contributed by atoms with van der Waals surface area (Å²) < 4.78 is 1.40. The van der Waals surface area contributed by atoms with Gasteiger partial charge in [0.1, 0.15) is 11.2 Å². The van der Waals surface area contributed by atoms with E-state index in [1.807, 2.05) is 17.5 Å². The molecule has 0 radical (unpaired) electrons. The van der Waals surface area contributed by atoms with Gasteiger partial charge in [-0.1, -0.05) is 29.8 Å². The van der Waals surface area contributed by atoms with Crippen molar-refractivity contribution in [3.8, 4) is 10.6 Å². The molecule has 7 nitrogen and oxygen atoms in total. The summed E-state index contributed by atoms with van der Waals surface area (Å²) in [4.78, 5) is 25.3. The molecule has 3 heterocycles. The molecule has 0 spiro atoms. The van der Waals surface area contributed by atoms with Gasteiger partial charge >= 0.3 is 0 Å². The molecule has 0 unspecified atom stereocenters. The van der Waals surface area contributed by atoms with Crippen LogP contribution in [0.15, 0.2) is 52.6 Å². The predicted octanol–water partition coefficient (Wildman–Crippen LogP) is 2.98. The monoisotopic (exact) mass is 385 g/mol. The summed E-state index contributed by atoms with van der Waals surface area (Å²) >= 11 is 7.57. The number of nitrogens with one attached hydrogen (secondary N) is 2. The highest BCUT2D eigenvalue weighted by Gasteiger charge is 2.15. The number of carbonyl (C=O) groups excluding carboxylic acids is 1. The molecule has 0 aliphatic rings. The van der Waals surface area contributed by atoms with E-state index in [9.17, 15) is 9.59 Å². The Morgan fingerprint density at radius 2 is 2.12 bits per heavy atom. The molecule has 1 amide bonds. The molecule has 2 N–H and O–H groups in total. The van der Waals surface area contributed by atoms with Crippen LogP contribution in [0.2, 0.25) is 5.02 Å². The number of anilines is 1. The van der Waals surface area contributed by atoms with Crippen molar-refractivity contribution in [3.05, 3.63) is 69.0 Å². The normalized spacial score (nSPS) is 11.0. The number of amides is 1. The largest absolute Gasteiger partial charge is 0.324 e. The van der Waals surface area contributed by atoms with Gasteiger partial charge in [-0.25, -0.2) is 9.61 Å². The summed E-state index contributed by atoms with van der Waals surface area (Å²) in [5.41, 5.74) is 1.14. The van der Waals surface area contributed by atoms with Crippen molar-refractivity contribution in [1.82, 2.24) is 19.8 Å². The van der Waals surface area contributed by atoms with Crippen LogP contribution in [0.5, 0.6) is 0 Å². The molecular formula is C17H12ClN5O2S. The van der Waals surface area contributed by atoms with Gasteiger partial charge in [0.25, 0.3) is 5.56 Å². The Kier molecular flexibility index (Phi) is 4.27. The number of fused-ring (bicyclic) bond motifs is 1. The summed E-state index contributed by atoms with van der Waals surface area (Å²) in [6.07, 6.45) is -0.0654. The minimum Gasteiger partial charge on any atom is -0.324 e. The van der Waals surface area contributed by atoms with Gasteiger partial charge in [-0.2, -0.15) is 10.2 Å². The summed E-state index contributed by atoms with van der Waals surface area (Å²) in [5.74, 6) is 0.0130. The second-order valence-corrected chi connectivity index (χ2v) is 6.83. The van der Waals surface area contributed by atoms with Crippen molar-refractivity contribution >= 4 is 40.0 Å². The number of thiophene rings is 1. The van der Waals surface area contributed by atoms with Crippen LogP contribution in [0.4, 0.5) is 5.69 Å². The molecule has 0 saturated carbocycles. The van der Waals surface area contributed by atoms with Crippen LogP contribution in [-0.4, -0.2) is 25.7 Å². The van der Waals surface area contributed by atoms with E-state index in [0.29, 0.717) is 27.7 Å². The van der Waals surface area contributed by atoms with Crippen LogP contribution >= 0.6 is 22.9 Å². The van der Waals surface area contributed by atoms with Crippen molar-refractivity contribution in [2.24, 2.45) is 0 Å². The number of aromatic amines is 1. The number of para-hydroxylation sites is 1. The molecule has 4 rings (SSSR count). The predicted molar refractivity (Wildman–Crippen MR) is 101 cm³/mol. The Balaban J connectivity index is 1.66. The maximum Gasteiger partial charge on any atom is 0.290 e. The number of rotatable bonds is 4. The molecule has 3 aromatic heterocycles. The third-order valence-corrected chi connectivity index (χ3v) is 4.94. The van der Waals surface area contributed by atoms with Crippen molar-refractivity contribution < 1.29 is 4.79 Å². The Morgan fingerprint density at radius 3 is 2.88 bits per heavy atom. The molecule has 26 heavy (non-hydrogen) atoms. The zero-order valence-electron chi connectivity index (χ0n) is 13.3. The van der Waals surface area contributed by atoms with Gasteiger partial charge in [-0.15, -0.1) is 11.3 Å². The second kappa shape index (κ2) is 6.74. The zero-order valence-corrected chi connectivity index (χ0v) is 14.8. The molecule has 0 aliphatic heterocycles. The first-order chi connectivity index (χ1) is 12.6. The SMILES string of the molecule is O=C(Cc1n[nH]c(=O)c2cc(-c3cccs3)nn12)Nc1ccccc1Cl. The molecule has 9 heteroatoms. The van der Waals surface area contributed by atoms with E-state index in [4.69, 9.17) is 11.6 Å². The number of carbonyl (C=O) groups is 1. The third-order valence-electron chi connectivity index (χ3n) is 3.71. The van der Waals surface area contributed by atoms with E-state index in [1.54, 1.807) is 30.3 Å². The molecule has 1 aromatic carbocycles. The number of aromatic nitrogens is 4. The summed E-state index contributed by atoms with van der Waals surface area (Å²) in [6.45, 7) is 0. The van der Waals surface area contributed by atoms with Crippen molar-refractivity contribution in [1.29, 1.82) is 0 Å². The highest BCUT2D eigenvalue weighted by atomic mass is 35.5. The maximum atomic E-state index is 12.4. The number of hydrogen-bond donors (Lipinski definition) is 2. The van der Waals surface area contributed by atoms with Gasteiger partial charge < -0.3 is 5.32 Å². The smallest absolute Gasteiger partial charge is 0.290 e. The molecule has 0 aliphatic carbocycles. The maximum absolute atomic E-state index is 12.4. The van der Waals surface area contributed by atoms with E-state index in [0.717, 1.165) is 4.88 Å². The lowest BCUT2D eigenvalue weighted by Crippen LogP contribution is -2.22. The first-order valence-corrected chi connectivity index (χ1v) is 8.93. The van der Waals surface area contributed by atoms with Crippen LogP contribution in [0, 0.1) is 0 Å². The fourth-order valence-electron chi connectivity index (χ4n) is 2.52. The van der Waals surface area contributed by atoms with E-state index < -0.39 is 0 Å². The topological polar surface area (TPSA) is 92.2 Å². The lowest BCUT2D eigenvalue weighted by Gasteiger charge is -2.07. The molecule has 0 fully saturated rings. The van der Waals surface area contributed by atoms with Gasteiger partial charge in [0.05, 0.1) is 22.0 Å². The average molecular weight is 386 g/mol. The highest BCUT2D eigenvalue weighted by Crippen LogP contribution is 2.24. The summed E-state index contributed by atoms with van der Waals surface area (Å²) in [5, 5.41) is 15.9. The average Bonchev–Trinajstić information content (AvgIpc) is 3.29. The van der Waals surface area contributed by atoms with Crippen molar-refractivity contribution in [2.75, 3.05) is 5.32 Å². The third kappa shape index (κ3) is 3.12. The van der Waals surface area contributed by atoms with Gasteiger partial charge in [-0.05, 0) is 29.6 Å². The fourth-order valence-corrected chi connectivity index (χ4v) is 3.38. The second-order valence-electron chi connectivity index (χ2n) is 5.48. The Bertz CT molecular complexity index is 1150. The molecule has 0 bridgehead atoms.